The molecule has 0 spiro atoms. The molecule has 76 valence electrons. The van der Waals surface area contributed by atoms with E-state index in [1.807, 2.05) is 0 Å². The Hall–Kier alpha value is -0.0400. The van der Waals surface area contributed by atoms with E-state index in [0.717, 1.165) is 12.1 Å². The summed E-state index contributed by atoms with van der Waals surface area (Å²) in [6.45, 7) is 8.53. The molecule has 0 radical (unpaired) electrons. The summed E-state index contributed by atoms with van der Waals surface area (Å²) in [6.07, 6.45) is 7.30. The lowest BCUT2D eigenvalue weighted by Gasteiger charge is -2.51. The van der Waals surface area contributed by atoms with Crippen LogP contribution in [0.5, 0.6) is 0 Å². The van der Waals surface area contributed by atoms with Gasteiger partial charge in [-0.15, -0.1) is 0 Å². The predicted molar refractivity (Wildman–Crippen MR) is 56.8 cm³/mol. The quantitative estimate of drug-likeness (QED) is 0.601. The second-order valence-electron chi connectivity index (χ2n) is 5.85. The topological polar surface area (TPSA) is 3.24 Å². The summed E-state index contributed by atoms with van der Waals surface area (Å²) in [6, 6.07) is 1.81. The fourth-order valence-electron chi connectivity index (χ4n) is 3.01. The Morgan fingerprint density at radius 1 is 1.00 bits per heavy atom. The van der Waals surface area contributed by atoms with Crippen LogP contribution >= 0.6 is 0 Å². The third-order valence-electron chi connectivity index (χ3n) is 3.85. The van der Waals surface area contributed by atoms with Crippen molar-refractivity contribution in [3.8, 4) is 0 Å². The summed E-state index contributed by atoms with van der Waals surface area (Å²) in [7, 11) is 0. The van der Waals surface area contributed by atoms with Crippen molar-refractivity contribution in [1.82, 2.24) is 4.90 Å². The maximum atomic E-state index is 2.77. The molecule has 13 heavy (non-hydrogen) atoms. The van der Waals surface area contributed by atoms with Crippen LogP contribution in [-0.2, 0) is 0 Å². The molecule has 1 aliphatic heterocycles. The van der Waals surface area contributed by atoms with E-state index in [0.29, 0.717) is 5.41 Å². The van der Waals surface area contributed by atoms with E-state index in [9.17, 15) is 0 Å². The van der Waals surface area contributed by atoms with Crippen molar-refractivity contribution in [3.63, 3.8) is 0 Å². The van der Waals surface area contributed by atoms with Crippen LogP contribution < -0.4 is 0 Å². The molecule has 0 aromatic heterocycles. The van der Waals surface area contributed by atoms with Crippen molar-refractivity contribution in [2.75, 3.05) is 6.54 Å². The summed E-state index contributed by atoms with van der Waals surface area (Å²) in [4.78, 5) is 2.77. The summed E-state index contributed by atoms with van der Waals surface area (Å²) in [5.74, 6) is 0. The molecule has 1 heterocycles. The van der Waals surface area contributed by atoms with Crippen LogP contribution in [0, 0.1) is 5.41 Å². The van der Waals surface area contributed by atoms with E-state index in [1.165, 1.54) is 38.6 Å². The Morgan fingerprint density at radius 3 is 2.00 bits per heavy atom. The van der Waals surface area contributed by atoms with Crippen molar-refractivity contribution >= 4 is 0 Å². The summed E-state index contributed by atoms with van der Waals surface area (Å²) >= 11 is 0. The molecular weight excluding hydrogens is 158 g/mol. The van der Waals surface area contributed by atoms with Gasteiger partial charge in [-0.1, -0.05) is 33.6 Å². The monoisotopic (exact) mass is 181 g/mol. The van der Waals surface area contributed by atoms with Crippen molar-refractivity contribution < 1.29 is 0 Å². The number of hydrogen-bond donors (Lipinski definition) is 0. The average molecular weight is 181 g/mol. The Labute approximate surface area is 82.5 Å². The Morgan fingerprint density at radius 2 is 1.62 bits per heavy atom. The van der Waals surface area contributed by atoms with E-state index in [1.54, 1.807) is 0 Å². The summed E-state index contributed by atoms with van der Waals surface area (Å²) in [5, 5.41) is 0. The molecule has 1 aliphatic carbocycles. The van der Waals surface area contributed by atoms with Gasteiger partial charge in [0.1, 0.15) is 0 Å². The third-order valence-corrected chi connectivity index (χ3v) is 3.85. The average Bonchev–Trinajstić information content (AvgIpc) is 2.32. The standard InChI is InChI=1S/C12H23N/c1-12(2,3)11-8-9-13(11)10-6-4-5-7-10/h10-11H,4-9H2,1-3H3. The maximum absolute atomic E-state index is 2.77. The fraction of sp³-hybridized carbons (Fsp3) is 1.00. The minimum atomic E-state index is 0.501. The largest absolute Gasteiger partial charge is 0.297 e. The molecule has 1 saturated heterocycles. The molecule has 2 rings (SSSR count). The highest BCUT2D eigenvalue weighted by Crippen LogP contribution is 2.38. The number of hydrogen-bond acceptors (Lipinski definition) is 1. The van der Waals surface area contributed by atoms with Gasteiger partial charge in [0.05, 0.1) is 0 Å². The fourth-order valence-corrected chi connectivity index (χ4v) is 3.01. The first kappa shape index (κ1) is 9.51. The molecule has 1 unspecified atom stereocenters. The van der Waals surface area contributed by atoms with Crippen LogP contribution in [0.1, 0.15) is 52.9 Å². The predicted octanol–water partition coefficient (Wildman–Crippen LogP) is 3.05. The second kappa shape index (κ2) is 3.27. The molecule has 2 fully saturated rings. The Bertz CT molecular complexity index is 174. The highest BCUT2D eigenvalue weighted by atomic mass is 15.2. The van der Waals surface area contributed by atoms with Gasteiger partial charge >= 0.3 is 0 Å². The first-order valence-corrected chi connectivity index (χ1v) is 5.85. The van der Waals surface area contributed by atoms with Gasteiger partial charge in [0.2, 0.25) is 0 Å². The zero-order valence-corrected chi connectivity index (χ0v) is 9.34. The van der Waals surface area contributed by atoms with Crippen LogP contribution in [0.15, 0.2) is 0 Å². The van der Waals surface area contributed by atoms with Crippen LogP contribution in [0.4, 0.5) is 0 Å². The van der Waals surface area contributed by atoms with E-state index < -0.39 is 0 Å². The molecule has 1 saturated carbocycles. The zero-order valence-electron chi connectivity index (χ0n) is 9.34. The normalized spacial score (nSPS) is 32.1. The SMILES string of the molecule is CC(C)(C)C1CCN1C1CCCC1. The van der Waals surface area contributed by atoms with Gasteiger partial charge < -0.3 is 0 Å². The first-order valence-electron chi connectivity index (χ1n) is 5.85. The van der Waals surface area contributed by atoms with Crippen LogP contribution in [0.3, 0.4) is 0 Å². The lowest BCUT2D eigenvalue weighted by atomic mass is 9.78. The van der Waals surface area contributed by atoms with E-state index in [4.69, 9.17) is 0 Å². The first-order chi connectivity index (χ1) is 6.09. The molecule has 1 heteroatoms. The van der Waals surface area contributed by atoms with Crippen molar-refractivity contribution in [1.29, 1.82) is 0 Å². The lowest BCUT2D eigenvalue weighted by molar-refractivity contribution is -0.0215. The van der Waals surface area contributed by atoms with Gasteiger partial charge in [0.15, 0.2) is 0 Å². The molecule has 1 atom stereocenters. The molecule has 0 N–H and O–H groups in total. The Balaban J connectivity index is 1.94. The third kappa shape index (κ3) is 1.76. The van der Waals surface area contributed by atoms with E-state index >= 15 is 0 Å². The van der Waals surface area contributed by atoms with Gasteiger partial charge in [0, 0.05) is 18.6 Å². The van der Waals surface area contributed by atoms with Gasteiger partial charge in [0.25, 0.3) is 0 Å². The van der Waals surface area contributed by atoms with Crippen molar-refractivity contribution in [2.45, 2.75) is 65.0 Å². The molecule has 0 aromatic rings. The molecule has 0 amide bonds. The smallest absolute Gasteiger partial charge is 0.0159 e. The number of likely N-dealkylation sites (tertiary alicyclic amines) is 1. The van der Waals surface area contributed by atoms with E-state index in [2.05, 4.69) is 25.7 Å². The highest BCUT2D eigenvalue weighted by Gasteiger charge is 2.41. The van der Waals surface area contributed by atoms with Crippen LogP contribution in [0.2, 0.25) is 0 Å². The molecule has 2 aliphatic rings. The Kier molecular flexibility index (Phi) is 2.39. The number of nitrogens with zero attached hydrogens (tertiary/aromatic N) is 1. The summed E-state index contributed by atoms with van der Waals surface area (Å²) in [5.41, 5.74) is 0.501. The van der Waals surface area contributed by atoms with Crippen molar-refractivity contribution in [2.24, 2.45) is 5.41 Å². The molecule has 0 aromatic carbocycles. The van der Waals surface area contributed by atoms with Crippen LogP contribution in [0.25, 0.3) is 0 Å². The lowest BCUT2D eigenvalue weighted by Crippen LogP contribution is -2.57. The second-order valence-corrected chi connectivity index (χ2v) is 5.85. The zero-order chi connectivity index (χ0) is 9.47. The molecular formula is C12H23N. The van der Waals surface area contributed by atoms with Crippen molar-refractivity contribution in [3.05, 3.63) is 0 Å². The molecule has 0 bridgehead atoms. The minimum Gasteiger partial charge on any atom is -0.297 e. The van der Waals surface area contributed by atoms with Gasteiger partial charge in [-0.05, 0) is 24.7 Å². The van der Waals surface area contributed by atoms with E-state index in [-0.39, 0.29) is 0 Å². The van der Waals surface area contributed by atoms with Gasteiger partial charge in [-0.2, -0.15) is 0 Å². The van der Waals surface area contributed by atoms with Gasteiger partial charge in [-0.25, -0.2) is 0 Å². The van der Waals surface area contributed by atoms with Crippen LogP contribution in [-0.4, -0.2) is 23.5 Å². The minimum absolute atomic E-state index is 0.501. The highest BCUT2D eigenvalue weighted by molar-refractivity contribution is 4.95. The summed E-state index contributed by atoms with van der Waals surface area (Å²) < 4.78 is 0. The maximum Gasteiger partial charge on any atom is 0.0159 e. The number of rotatable bonds is 1. The van der Waals surface area contributed by atoms with Gasteiger partial charge in [-0.3, -0.25) is 4.90 Å². The molecule has 1 nitrogen and oxygen atoms in total.